The second-order valence-electron chi connectivity index (χ2n) is 6.48. The van der Waals surface area contributed by atoms with Gasteiger partial charge >= 0.3 is 5.97 Å². The molecular weight excluding hydrogens is 398 g/mol. The van der Waals surface area contributed by atoms with Crippen molar-refractivity contribution in [1.29, 1.82) is 0 Å². The normalized spacial score (nSPS) is 14.0. The molecule has 0 saturated carbocycles. The van der Waals surface area contributed by atoms with Crippen molar-refractivity contribution in [2.45, 2.75) is 31.0 Å². The van der Waals surface area contributed by atoms with Crippen molar-refractivity contribution in [2.75, 3.05) is 5.75 Å². The number of primary amides is 1. The van der Waals surface area contributed by atoms with Crippen LogP contribution in [0.4, 0.5) is 0 Å². The first kappa shape index (κ1) is 22.2. The number of hydrogen-bond acceptors (Lipinski definition) is 6. The van der Waals surface area contributed by atoms with Crippen molar-refractivity contribution in [3.63, 3.8) is 0 Å². The number of carbonyl (C=O) groups excluding carboxylic acids is 3. The van der Waals surface area contributed by atoms with E-state index in [1.165, 1.54) is 0 Å². The number of nitrogens with two attached hydrogens (primary N) is 2. The van der Waals surface area contributed by atoms with E-state index in [0.717, 1.165) is 16.5 Å². The highest BCUT2D eigenvalue weighted by Gasteiger charge is 2.28. The van der Waals surface area contributed by atoms with E-state index in [9.17, 15) is 24.3 Å². The predicted octanol–water partition coefficient (Wildman–Crippen LogP) is -1.10. The van der Waals surface area contributed by atoms with Gasteiger partial charge in [-0.1, -0.05) is 18.2 Å². The van der Waals surface area contributed by atoms with Crippen molar-refractivity contribution in [2.24, 2.45) is 11.5 Å². The molecule has 1 aromatic heterocycles. The van der Waals surface area contributed by atoms with Gasteiger partial charge in [-0.2, -0.15) is 12.6 Å². The van der Waals surface area contributed by atoms with E-state index >= 15 is 0 Å². The Hall–Kier alpha value is -3.05. The molecule has 0 aliphatic carbocycles. The van der Waals surface area contributed by atoms with E-state index in [0.29, 0.717) is 0 Å². The number of amides is 3. The lowest BCUT2D eigenvalue weighted by atomic mass is 10.0. The van der Waals surface area contributed by atoms with Crippen LogP contribution in [0.3, 0.4) is 0 Å². The number of benzene rings is 1. The number of H-pyrrole nitrogens is 1. The maximum Gasteiger partial charge on any atom is 0.326 e. The molecular formula is C18H23N5O5S. The molecule has 10 nitrogen and oxygen atoms in total. The maximum atomic E-state index is 12.5. The zero-order valence-electron chi connectivity index (χ0n) is 15.4. The summed E-state index contributed by atoms with van der Waals surface area (Å²) >= 11 is 4.02. The van der Waals surface area contributed by atoms with Crippen LogP contribution in [0.1, 0.15) is 12.0 Å². The van der Waals surface area contributed by atoms with Crippen molar-refractivity contribution >= 4 is 47.2 Å². The van der Waals surface area contributed by atoms with Gasteiger partial charge in [0.1, 0.15) is 12.1 Å². The Morgan fingerprint density at radius 1 is 1.10 bits per heavy atom. The second kappa shape index (κ2) is 9.94. The Labute approximate surface area is 171 Å². The number of fused-ring (bicyclic) bond motifs is 1. The minimum atomic E-state index is -1.22. The van der Waals surface area contributed by atoms with Crippen molar-refractivity contribution in [1.82, 2.24) is 15.6 Å². The SMILES string of the molecule is NC(=O)CC(N)C(=O)NC(CS)C(=O)NC(Cc1c[nH]c2ccccc12)C(=O)O. The first-order chi connectivity index (χ1) is 13.7. The molecule has 29 heavy (non-hydrogen) atoms. The van der Waals surface area contributed by atoms with Crippen molar-refractivity contribution in [3.05, 3.63) is 36.0 Å². The minimum absolute atomic E-state index is 0.0412. The van der Waals surface area contributed by atoms with Gasteiger partial charge in [0.25, 0.3) is 0 Å². The molecule has 0 bridgehead atoms. The van der Waals surface area contributed by atoms with Crippen LogP contribution in [0, 0.1) is 0 Å². The fourth-order valence-corrected chi connectivity index (χ4v) is 3.03. The molecule has 0 saturated heterocycles. The molecule has 0 radical (unpaired) electrons. The summed E-state index contributed by atoms with van der Waals surface area (Å²) in [4.78, 5) is 50.1. The summed E-state index contributed by atoms with van der Waals surface area (Å²) in [6.45, 7) is 0. The number of thiol groups is 1. The van der Waals surface area contributed by atoms with Crippen LogP contribution in [0.5, 0.6) is 0 Å². The molecule has 0 spiro atoms. The molecule has 3 unspecified atom stereocenters. The van der Waals surface area contributed by atoms with Gasteiger partial charge in [-0.3, -0.25) is 14.4 Å². The fraction of sp³-hybridized carbons (Fsp3) is 0.333. The lowest BCUT2D eigenvalue weighted by Crippen LogP contribution is -2.56. The van der Waals surface area contributed by atoms with Gasteiger partial charge < -0.3 is 32.2 Å². The summed E-state index contributed by atoms with van der Waals surface area (Å²) in [7, 11) is 0. The lowest BCUT2D eigenvalue weighted by Gasteiger charge is -2.21. The van der Waals surface area contributed by atoms with Crippen LogP contribution in [0.15, 0.2) is 30.5 Å². The van der Waals surface area contributed by atoms with E-state index in [1.807, 2.05) is 24.3 Å². The standard InChI is InChI=1S/C18H23N5O5S/c19-11(6-15(20)24)16(25)23-14(8-29)17(26)22-13(18(27)28)5-9-7-21-12-4-2-1-3-10(9)12/h1-4,7,11,13-14,21,29H,5-6,8,19H2,(H2,20,24)(H,22,26)(H,23,25)(H,27,28). The lowest BCUT2D eigenvalue weighted by molar-refractivity contribution is -0.142. The summed E-state index contributed by atoms with van der Waals surface area (Å²) in [5.41, 5.74) is 12.1. The molecule has 1 aromatic carbocycles. The molecule has 0 aliphatic rings. The Morgan fingerprint density at radius 3 is 2.38 bits per heavy atom. The topological polar surface area (TPSA) is 180 Å². The summed E-state index contributed by atoms with van der Waals surface area (Å²) in [5.74, 6) is -3.57. The van der Waals surface area contributed by atoms with Crippen LogP contribution in [-0.4, -0.2) is 57.7 Å². The van der Waals surface area contributed by atoms with E-state index < -0.39 is 41.8 Å². The number of aromatic amines is 1. The third-order valence-electron chi connectivity index (χ3n) is 4.29. The monoisotopic (exact) mass is 421 g/mol. The smallest absolute Gasteiger partial charge is 0.326 e. The first-order valence-electron chi connectivity index (χ1n) is 8.76. The number of nitrogens with one attached hydrogen (secondary N) is 3. The number of rotatable bonds is 10. The second-order valence-corrected chi connectivity index (χ2v) is 6.85. The third kappa shape index (κ3) is 5.96. The molecule has 3 amide bonds. The molecule has 11 heteroatoms. The zero-order chi connectivity index (χ0) is 21.6. The summed E-state index contributed by atoms with van der Waals surface area (Å²) < 4.78 is 0. The number of hydrogen-bond donors (Lipinski definition) is 7. The highest BCUT2D eigenvalue weighted by Crippen LogP contribution is 2.19. The van der Waals surface area contributed by atoms with Gasteiger partial charge in [-0.25, -0.2) is 4.79 Å². The van der Waals surface area contributed by atoms with E-state index in [1.54, 1.807) is 6.20 Å². The average molecular weight is 421 g/mol. The predicted molar refractivity (Wildman–Crippen MR) is 109 cm³/mol. The van der Waals surface area contributed by atoms with Gasteiger partial charge in [0.15, 0.2) is 0 Å². The molecule has 1 heterocycles. The molecule has 8 N–H and O–H groups in total. The first-order valence-corrected chi connectivity index (χ1v) is 9.39. The van der Waals surface area contributed by atoms with Gasteiger partial charge in [-0.05, 0) is 11.6 Å². The molecule has 0 fully saturated rings. The maximum absolute atomic E-state index is 12.5. The number of carbonyl (C=O) groups is 4. The van der Waals surface area contributed by atoms with E-state index in [2.05, 4.69) is 28.2 Å². The van der Waals surface area contributed by atoms with Crippen molar-refractivity contribution in [3.8, 4) is 0 Å². The molecule has 2 aromatic rings. The van der Waals surface area contributed by atoms with Gasteiger partial charge in [0.2, 0.25) is 17.7 Å². The zero-order valence-corrected chi connectivity index (χ0v) is 16.3. The number of carboxylic acid groups (broad SMARTS) is 1. The molecule has 3 atom stereocenters. The van der Waals surface area contributed by atoms with Gasteiger partial charge in [-0.15, -0.1) is 0 Å². The van der Waals surface area contributed by atoms with E-state index in [4.69, 9.17) is 11.5 Å². The van der Waals surface area contributed by atoms with Crippen LogP contribution in [0.2, 0.25) is 0 Å². The quantitative estimate of drug-likeness (QED) is 0.239. The largest absolute Gasteiger partial charge is 0.480 e. The minimum Gasteiger partial charge on any atom is -0.480 e. The average Bonchev–Trinajstić information content (AvgIpc) is 3.07. The Bertz CT molecular complexity index is 915. The summed E-state index contributed by atoms with van der Waals surface area (Å²) in [6, 6.07) is 3.81. The number of carboxylic acids is 1. The summed E-state index contributed by atoms with van der Waals surface area (Å²) in [5, 5.41) is 15.1. The number of para-hydroxylation sites is 1. The Kier molecular flexibility index (Phi) is 7.62. The molecule has 2 rings (SSSR count). The van der Waals surface area contributed by atoms with Crippen LogP contribution in [0.25, 0.3) is 10.9 Å². The van der Waals surface area contributed by atoms with Crippen molar-refractivity contribution < 1.29 is 24.3 Å². The van der Waals surface area contributed by atoms with Crippen LogP contribution >= 0.6 is 12.6 Å². The van der Waals surface area contributed by atoms with Crippen LogP contribution in [-0.2, 0) is 25.6 Å². The van der Waals surface area contributed by atoms with Gasteiger partial charge in [0.05, 0.1) is 12.5 Å². The van der Waals surface area contributed by atoms with E-state index in [-0.39, 0.29) is 18.6 Å². The highest BCUT2D eigenvalue weighted by atomic mass is 32.1. The number of aromatic nitrogens is 1. The fourth-order valence-electron chi connectivity index (χ4n) is 2.78. The third-order valence-corrected chi connectivity index (χ3v) is 4.65. The summed E-state index contributed by atoms with van der Waals surface area (Å²) in [6.07, 6.45) is 1.35. The molecule has 156 valence electrons. The molecule has 0 aliphatic heterocycles. The number of aliphatic carboxylic acids is 1. The van der Waals surface area contributed by atoms with Crippen LogP contribution < -0.4 is 22.1 Å². The van der Waals surface area contributed by atoms with Gasteiger partial charge in [0, 0.05) is 29.3 Å². The Balaban J connectivity index is 2.06. The highest BCUT2D eigenvalue weighted by molar-refractivity contribution is 7.80. The Morgan fingerprint density at radius 2 is 1.76 bits per heavy atom.